The lowest BCUT2D eigenvalue weighted by Gasteiger charge is -2.02. The van der Waals surface area contributed by atoms with E-state index >= 15 is 0 Å². The summed E-state index contributed by atoms with van der Waals surface area (Å²) in [6.07, 6.45) is 7.37. The van der Waals surface area contributed by atoms with Crippen LogP contribution in [0.1, 0.15) is 52.4 Å². The molecule has 0 aliphatic heterocycles. The van der Waals surface area contributed by atoms with Crippen molar-refractivity contribution < 1.29 is 9.90 Å². The molecular weight excluding hydrogens is 188 g/mol. The molecule has 2 nitrogen and oxygen atoms in total. The summed E-state index contributed by atoms with van der Waals surface area (Å²) in [5, 5.41) is 8.75. The molecule has 2 fully saturated rings. The van der Waals surface area contributed by atoms with Crippen LogP contribution in [0.5, 0.6) is 0 Å². The number of carboxylic acids is 1. The van der Waals surface area contributed by atoms with Crippen LogP contribution < -0.4 is 0 Å². The Hall–Kier alpha value is -0.530. The molecule has 2 heteroatoms. The lowest BCUT2D eigenvalue weighted by atomic mass is 10.0. The Bertz CT molecular complexity index is 257. The van der Waals surface area contributed by atoms with E-state index in [4.69, 9.17) is 5.11 Å². The molecule has 0 spiro atoms. The highest BCUT2D eigenvalue weighted by molar-refractivity contribution is 5.73. The van der Waals surface area contributed by atoms with E-state index < -0.39 is 5.97 Å². The van der Waals surface area contributed by atoms with Gasteiger partial charge in [0.2, 0.25) is 0 Å². The lowest BCUT2D eigenvalue weighted by molar-refractivity contribution is -0.138. The number of hydrogen-bond acceptors (Lipinski definition) is 1. The van der Waals surface area contributed by atoms with Crippen LogP contribution in [0.25, 0.3) is 0 Å². The molecule has 2 aliphatic carbocycles. The minimum atomic E-state index is -0.580. The van der Waals surface area contributed by atoms with Crippen LogP contribution in [0.3, 0.4) is 0 Å². The van der Waals surface area contributed by atoms with E-state index in [9.17, 15) is 4.79 Å². The zero-order chi connectivity index (χ0) is 11.1. The first-order valence-electron chi connectivity index (χ1n) is 6.23. The van der Waals surface area contributed by atoms with Crippen molar-refractivity contribution in [1.82, 2.24) is 0 Å². The summed E-state index contributed by atoms with van der Waals surface area (Å²) < 4.78 is 0. The molecule has 0 aromatic rings. The Balaban J connectivity index is 1.49. The van der Waals surface area contributed by atoms with Crippen LogP contribution in [0.4, 0.5) is 0 Å². The van der Waals surface area contributed by atoms with E-state index in [1.54, 1.807) is 0 Å². The van der Waals surface area contributed by atoms with Gasteiger partial charge in [-0.25, -0.2) is 0 Å². The van der Waals surface area contributed by atoms with Gasteiger partial charge in [-0.2, -0.15) is 0 Å². The minimum Gasteiger partial charge on any atom is -0.481 e. The number of unbranched alkanes of at least 4 members (excludes halogenated alkanes) is 1. The zero-order valence-corrected chi connectivity index (χ0v) is 9.83. The van der Waals surface area contributed by atoms with Crippen LogP contribution in [-0.2, 0) is 4.79 Å². The maximum Gasteiger partial charge on any atom is 0.306 e. The molecule has 1 N–H and O–H groups in total. The van der Waals surface area contributed by atoms with Gasteiger partial charge in [0.15, 0.2) is 0 Å². The number of aliphatic carboxylic acids is 1. The summed E-state index contributed by atoms with van der Waals surface area (Å²) >= 11 is 0. The largest absolute Gasteiger partial charge is 0.481 e. The van der Waals surface area contributed by atoms with Crippen molar-refractivity contribution in [2.24, 2.45) is 23.2 Å². The topological polar surface area (TPSA) is 37.3 Å². The third-order valence-electron chi connectivity index (χ3n) is 4.33. The normalized spacial score (nSPS) is 36.3. The van der Waals surface area contributed by atoms with Crippen LogP contribution in [0.15, 0.2) is 0 Å². The van der Waals surface area contributed by atoms with Crippen LogP contribution in [-0.4, -0.2) is 11.1 Å². The van der Waals surface area contributed by atoms with Gasteiger partial charge >= 0.3 is 5.97 Å². The number of carboxylic acid groups (broad SMARTS) is 1. The molecule has 15 heavy (non-hydrogen) atoms. The van der Waals surface area contributed by atoms with E-state index in [0.29, 0.717) is 11.3 Å². The van der Waals surface area contributed by atoms with Gasteiger partial charge in [-0.05, 0) is 42.9 Å². The first kappa shape index (κ1) is 11.0. The van der Waals surface area contributed by atoms with Gasteiger partial charge < -0.3 is 5.11 Å². The third kappa shape index (κ3) is 2.73. The molecule has 0 saturated heterocycles. The Labute approximate surface area is 92.1 Å². The Morgan fingerprint density at radius 3 is 2.40 bits per heavy atom. The fourth-order valence-electron chi connectivity index (χ4n) is 2.74. The molecule has 0 aromatic carbocycles. The van der Waals surface area contributed by atoms with Crippen molar-refractivity contribution >= 4 is 5.97 Å². The average Bonchev–Trinajstić information content (AvgIpc) is 2.98. The van der Waals surface area contributed by atoms with Crippen molar-refractivity contribution in [3.05, 3.63) is 0 Å². The van der Waals surface area contributed by atoms with Crippen molar-refractivity contribution in [3.8, 4) is 0 Å². The number of hydrogen-bond donors (Lipinski definition) is 1. The maximum absolute atomic E-state index is 10.6. The van der Waals surface area contributed by atoms with E-state index in [0.717, 1.165) is 18.8 Å². The molecular formula is C13H22O2. The summed E-state index contributed by atoms with van der Waals surface area (Å²) in [5.74, 6) is 0.882. The third-order valence-corrected chi connectivity index (χ3v) is 4.33. The second-order valence-corrected chi connectivity index (χ2v) is 6.11. The van der Waals surface area contributed by atoms with Gasteiger partial charge in [-0.15, -0.1) is 0 Å². The fourth-order valence-corrected chi connectivity index (χ4v) is 2.74. The molecule has 0 aromatic heterocycles. The van der Waals surface area contributed by atoms with Crippen LogP contribution in [0, 0.1) is 23.2 Å². The Kier molecular flexibility index (Phi) is 2.78. The second kappa shape index (κ2) is 3.80. The van der Waals surface area contributed by atoms with Crippen molar-refractivity contribution in [1.29, 1.82) is 0 Å². The summed E-state index contributed by atoms with van der Waals surface area (Å²) in [6.45, 7) is 4.69. The van der Waals surface area contributed by atoms with Crippen molar-refractivity contribution in [2.75, 3.05) is 0 Å². The molecule has 86 valence electrons. The predicted octanol–water partition coefficient (Wildman–Crippen LogP) is 3.31. The van der Waals surface area contributed by atoms with E-state index in [2.05, 4.69) is 13.8 Å². The quantitative estimate of drug-likeness (QED) is 0.683. The number of carbonyl (C=O) groups is 1. The lowest BCUT2D eigenvalue weighted by Crippen LogP contribution is -1.99. The molecule has 0 amide bonds. The molecule has 0 heterocycles. The van der Waals surface area contributed by atoms with Gasteiger partial charge in [0.05, 0.1) is 5.92 Å². The highest BCUT2D eigenvalue weighted by Crippen LogP contribution is 2.54. The van der Waals surface area contributed by atoms with Gasteiger partial charge in [-0.3, -0.25) is 4.79 Å². The van der Waals surface area contributed by atoms with Gasteiger partial charge in [0.25, 0.3) is 0 Å². The number of rotatable bonds is 6. The molecule has 3 atom stereocenters. The first-order chi connectivity index (χ1) is 7.00. The molecule has 2 aliphatic rings. The smallest absolute Gasteiger partial charge is 0.306 e. The first-order valence-corrected chi connectivity index (χ1v) is 6.23. The molecule has 2 rings (SSSR count). The van der Waals surface area contributed by atoms with Gasteiger partial charge in [-0.1, -0.05) is 26.7 Å². The Morgan fingerprint density at radius 2 is 1.93 bits per heavy atom. The molecule has 3 unspecified atom stereocenters. The summed E-state index contributed by atoms with van der Waals surface area (Å²) in [5.41, 5.74) is 0.614. The minimum absolute atomic E-state index is 0.00219. The summed E-state index contributed by atoms with van der Waals surface area (Å²) in [4.78, 5) is 10.6. The maximum atomic E-state index is 10.6. The predicted molar refractivity (Wildman–Crippen MR) is 59.6 cm³/mol. The summed E-state index contributed by atoms with van der Waals surface area (Å²) in [7, 11) is 0. The SMILES string of the molecule is CC1(C)CC1CCCCC1CC1C(=O)O. The molecule has 0 radical (unpaired) electrons. The van der Waals surface area contributed by atoms with Crippen LogP contribution in [0.2, 0.25) is 0 Å². The van der Waals surface area contributed by atoms with Gasteiger partial charge in [0, 0.05) is 0 Å². The Morgan fingerprint density at radius 1 is 1.33 bits per heavy atom. The highest BCUT2D eigenvalue weighted by atomic mass is 16.4. The van der Waals surface area contributed by atoms with Gasteiger partial charge in [0.1, 0.15) is 0 Å². The fraction of sp³-hybridized carbons (Fsp3) is 0.923. The average molecular weight is 210 g/mol. The van der Waals surface area contributed by atoms with Crippen molar-refractivity contribution in [3.63, 3.8) is 0 Å². The molecule has 0 bridgehead atoms. The second-order valence-electron chi connectivity index (χ2n) is 6.11. The zero-order valence-electron chi connectivity index (χ0n) is 9.83. The molecule has 2 saturated carbocycles. The van der Waals surface area contributed by atoms with E-state index in [1.165, 1.54) is 25.7 Å². The highest BCUT2D eigenvalue weighted by Gasteiger charge is 2.45. The van der Waals surface area contributed by atoms with E-state index in [1.807, 2.05) is 0 Å². The van der Waals surface area contributed by atoms with Crippen LogP contribution >= 0.6 is 0 Å². The van der Waals surface area contributed by atoms with Crippen molar-refractivity contribution in [2.45, 2.75) is 52.4 Å². The monoisotopic (exact) mass is 210 g/mol. The summed E-state index contributed by atoms with van der Waals surface area (Å²) in [6, 6.07) is 0. The standard InChI is InChI=1S/C13H22O2/c1-13(2)8-10(13)6-4-3-5-9-7-11(9)12(14)15/h9-11H,3-8H2,1-2H3,(H,14,15). The van der Waals surface area contributed by atoms with E-state index in [-0.39, 0.29) is 5.92 Å².